The maximum Gasteiger partial charge on any atom is 0.282 e. The molecule has 0 aliphatic carbocycles. The van der Waals surface area contributed by atoms with E-state index in [1.54, 1.807) is 0 Å². The number of nitrogens with zero attached hydrogens (tertiary/aromatic N) is 2. The second-order valence-electron chi connectivity index (χ2n) is 5.45. The van der Waals surface area contributed by atoms with E-state index in [9.17, 15) is 26.0 Å². The van der Waals surface area contributed by atoms with E-state index in [1.807, 2.05) is 0 Å². The Morgan fingerprint density at radius 2 is 1.78 bits per heavy atom. The quantitative estimate of drug-likeness (QED) is 0.648. The van der Waals surface area contributed by atoms with Crippen molar-refractivity contribution in [3.63, 3.8) is 0 Å². The van der Waals surface area contributed by atoms with E-state index in [2.05, 4.69) is 5.10 Å². The predicted octanol–water partition coefficient (Wildman–Crippen LogP) is 4.06. The summed E-state index contributed by atoms with van der Waals surface area (Å²) in [5.74, 6) is -2.50. The number of primary sulfonamides is 1. The van der Waals surface area contributed by atoms with Crippen molar-refractivity contribution in [2.75, 3.05) is 0 Å². The van der Waals surface area contributed by atoms with Gasteiger partial charge in [0.1, 0.15) is 22.2 Å². The van der Waals surface area contributed by atoms with Crippen molar-refractivity contribution in [2.24, 2.45) is 5.14 Å². The fraction of sp³-hybridized carbons (Fsp3) is 0.0625. The first kappa shape index (κ1) is 19.3. The van der Waals surface area contributed by atoms with Crippen molar-refractivity contribution in [1.82, 2.24) is 9.78 Å². The topological polar surface area (TPSA) is 78.0 Å². The van der Waals surface area contributed by atoms with E-state index < -0.39 is 44.2 Å². The molecule has 0 saturated heterocycles. The number of sulfonamides is 1. The van der Waals surface area contributed by atoms with Crippen molar-refractivity contribution in [1.29, 1.82) is 0 Å². The van der Waals surface area contributed by atoms with Crippen LogP contribution in [-0.4, -0.2) is 18.2 Å². The third kappa shape index (κ3) is 3.82. The molecule has 3 aromatic rings. The normalized spacial score (nSPS) is 12.0. The van der Waals surface area contributed by atoms with Crippen LogP contribution >= 0.6 is 11.6 Å². The van der Waals surface area contributed by atoms with Gasteiger partial charge in [0, 0.05) is 10.6 Å². The van der Waals surface area contributed by atoms with E-state index in [1.165, 1.54) is 24.3 Å². The van der Waals surface area contributed by atoms with Crippen LogP contribution in [0.4, 0.5) is 17.6 Å². The molecule has 1 heterocycles. The maximum absolute atomic E-state index is 14.5. The molecule has 0 saturated carbocycles. The zero-order valence-electron chi connectivity index (χ0n) is 13.2. The number of hydrogen-bond acceptors (Lipinski definition) is 3. The molecule has 2 N–H and O–H groups in total. The van der Waals surface area contributed by atoms with Gasteiger partial charge >= 0.3 is 0 Å². The van der Waals surface area contributed by atoms with Crippen molar-refractivity contribution >= 4 is 21.6 Å². The lowest BCUT2D eigenvalue weighted by atomic mass is 10.1. The fourth-order valence-electron chi connectivity index (χ4n) is 2.45. The molecule has 0 aliphatic heterocycles. The minimum Gasteiger partial charge on any atom is -0.232 e. The van der Waals surface area contributed by atoms with E-state index in [0.717, 1.165) is 10.7 Å². The molecule has 5 nitrogen and oxygen atoms in total. The van der Waals surface area contributed by atoms with Gasteiger partial charge in [0.15, 0.2) is 0 Å². The minimum atomic E-state index is -4.51. The lowest BCUT2D eigenvalue weighted by molar-refractivity contribution is 0.145. The van der Waals surface area contributed by atoms with E-state index >= 15 is 0 Å². The van der Waals surface area contributed by atoms with Crippen LogP contribution in [-0.2, 0) is 10.0 Å². The van der Waals surface area contributed by atoms with Gasteiger partial charge in [-0.05, 0) is 36.4 Å². The first-order valence-electron chi connectivity index (χ1n) is 7.24. The largest absolute Gasteiger partial charge is 0.282 e. The summed E-state index contributed by atoms with van der Waals surface area (Å²) in [6.07, 6.45) is -2.97. The number of benzene rings is 2. The lowest BCUT2D eigenvalue weighted by Crippen LogP contribution is -2.14. The van der Waals surface area contributed by atoms with Crippen LogP contribution < -0.4 is 5.14 Å². The van der Waals surface area contributed by atoms with Gasteiger partial charge in [0.05, 0.1) is 11.4 Å². The molecule has 11 heteroatoms. The predicted molar refractivity (Wildman–Crippen MR) is 90.3 cm³/mol. The maximum atomic E-state index is 14.5. The van der Waals surface area contributed by atoms with Crippen LogP contribution in [0.2, 0.25) is 5.02 Å². The Morgan fingerprint density at radius 1 is 1.07 bits per heavy atom. The van der Waals surface area contributed by atoms with Gasteiger partial charge in [-0.3, -0.25) is 0 Å². The SMILES string of the molecule is NS(=O)(=O)c1cc(F)c(-c2cc(C(F)F)nn2-c2cccc(Cl)c2)cc1F. The summed E-state index contributed by atoms with van der Waals surface area (Å²) in [6, 6.07) is 7.74. The highest BCUT2D eigenvalue weighted by Gasteiger charge is 2.24. The molecule has 0 unspecified atom stereocenters. The second kappa shape index (κ2) is 6.95. The van der Waals surface area contributed by atoms with E-state index in [-0.39, 0.29) is 16.4 Å². The van der Waals surface area contributed by atoms with Crippen molar-refractivity contribution < 1.29 is 26.0 Å². The summed E-state index contributed by atoms with van der Waals surface area (Å²) >= 11 is 5.89. The third-order valence-electron chi connectivity index (χ3n) is 3.61. The fourth-order valence-corrected chi connectivity index (χ4v) is 3.23. The molecule has 0 atom stereocenters. The first-order valence-corrected chi connectivity index (χ1v) is 9.16. The highest BCUT2D eigenvalue weighted by atomic mass is 35.5. The molecule has 0 radical (unpaired) electrons. The lowest BCUT2D eigenvalue weighted by Gasteiger charge is -2.10. The second-order valence-corrected chi connectivity index (χ2v) is 7.42. The van der Waals surface area contributed by atoms with Gasteiger partial charge in [0.25, 0.3) is 6.43 Å². The van der Waals surface area contributed by atoms with Crippen LogP contribution in [0.15, 0.2) is 47.4 Å². The number of rotatable bonds is 4. The zero-order valence-corrected chi connectivity index (χ0v) is 14.8. The zero-order chi connectivity index (χ0) is 19.9. The Kier molecular flexibility index (Phi) is 4.98. The Labute approximate surface area is 156 Å². The van der Waals surface area contributed by atoms with Crippen LogP contribution in [0.3, 0.4) is 0 Å². The average molecular weight is 420 g/mol. The molecular formula is C16H10ClF4N3O2S. The monoisotopic (exact) mass is 419 g/mol. The van der Waals surface area contributed by atoms with Gasteiger partial charge < -0.3 is 0 Å². The summed E-state index contributed by atoms with van der Waals surface area (Å²) in [5, 5.41) is 8.81. The summed E-state index contributed by atoms with van der Waals surface area (Å²) in [7, 11) is -4.51. The number of alkyl halides is 2. The highest BCUT2D eigenvalue weighted by Crippen LogP contribution is 2.32. The summed E-state index contributed by atoms with van der Waals surface area (Å²) < 4.78 is 78.4. The van der Waals surface area contributed by atoms with Crippen molar-refractivity contribution in [3.05, 3.63) is 64.8 Å². The van der Waals surface area contributed by atoms with Gasteiger partial charge in [-0.1, -0.05) is 17.7 Å². The molecule has 0 bridgehead atoms. The van der Waals surface area contributed by atoms with E-state index in [0.29, 0.717) is 12.1 Å². The molecule has 0 spiro atoms. The van der Waals surface area contributed by atoms with Gasteiger partial charge in [-0.2, -0.15) is 5.10 Å². The number of aromatic nitrogens is 2. The smallest absolute Gasteiger partial charge is 0.232 e. The van der Waals surface area contributed by atoms with Crippen molar-refractivity contribution in [3.8, 4) is 16.9 Å². The summed E-state index contributed by atoms with van der Waals surface area (Å²) in [4.78, 5) is -1.05. The Balaban J connectivity index is 2.27. The molecule has 1 aromatic heterocycles. The number of nitrogens with two attached hydrogens (primary N) is 1. The molecule has 142 valence electrons. The number of hydrogen-bond donors (Lipinski definition) is 1. The average Bonchev–Trinajstić information content (AvgIpc) is 3.01. The van der Waals surface area contributed by atoms with Crippen molar-refractivity contribution in [2.45, 2.75) is 11.3 Å². The van der Waals surface area contributed by atoms with Crippen LogP contribution in [0.5, 0.6) is 0 Å². The molecule has 2 aromatic carbocycles. The van der Waals surface area contributed by atoms with Gasteiger partial charge in [0.2, 0.25) is 10.0 Å². The number of halogens is 5. The minimum absolute atomic E-state index is 0.218. The Hall–Kier alpha value is -2.43. The van der Waals surface area contributed by atoms with E-state index in [4.69, 9.17) is 16.7 Å². The molecule has 0 fully saturated rings. The first-order chi connectivity index (χ1) is 12.6. The molecule has 0 amide bonds. The Morgan fingerprint density at radius 3 is 2.37 bits per heavy atom. The van der Waals surface area contributed by atoms with Crippen LogP contribution in [0, 0.1) is 11.6 Å². The molecule has 3 rings (SSSR count). The van der Waals surface area contributed by atoms with Gasteiger partial charge in [-0.25, -0.2) is 35.8 Å². The van der Waals surface area contributed by atoms with Gasteiger partial charge in [-0.15, -0.1) is 0 Å². The summed E-state index contributed by atoms with van der Waals surface area (Å²) in [6.45, 7) is 0. The summed E-state index contributed by atoms with van der Waals surface area (Å²) in [5.41, 5.74) is -1.15. The molecular weight excluding hydrogens is 410 g/mol. The molecule has 0 aliphatic rings. The standard InChI is InChI=1S/C16H10ClF4N3O2S/c17-8-2-1-3-9(4-8)24-14(7-13(23-24)16(20)21)10-5-12(19)15(6-11(10)18)27(22,25)26/h1-7,16H,(H2,22,25,26). The highest BCUT2D eigenvalue weighted by molar-refractivity contribution is 7.89. The Bertz CT molecular complexity index is 1130. The van der Waals surface area contributed by atoms with Crippen LogP contribution in [0.25, 0.3) is 16.9 Å². The third-order valence-corrected chi connectivity index (χ3v) is 4.77. The van der Waals surface area contributed by atoms with Crippen LogP contribution in [0.1, 0.15) is 12.1 Å². The molecule has 27 heavy (non-hydrogen) atoms.